The fourth-order valence-corrected chi connectivity index (χ4v) is 5.93. The third kappa shape index (κ3) is 6.02. The Balaban J connectivity index is 1.22. The second kappa shape index (κ2) is 11.9. The van der Waals surface area contributed by atoms with Gasteiger partial charge in [0.1, 0.15) is 0 Å². The van der Waals surface area contributed by atoms with Crippen molar-refractivity contribution < 1.29 is 19.5 Å². The molecule has 0 bridgehead atoms. The molecule has 5 rings (SSSR count). The molecule has 0 aliphatic heterocycles. The Morgan fingerprint density at radius 2 is 1.60 bits per heavy atom. The first kappa shape index (κ1) is 27.4. The number of thiazole rings is 1. The van der Waals surface area contributed by atoms with Crippen LogP contribution in [0.3, 0.4) is 0 Å². The zero-order chi connectivity index (χ0) is 28.2. The van der Waals surface area contributed by atoms with E-state index in [1.165, 1.54) is 29.2 Å². The van der Waals surface area contributed by atoms with Crippen molar-refractivity contribution in [3.8, 4) is 11.3 Å². The highest BCUT2D eigenvalue weighted by Crippen LogP contribution is 2.31. The lowest BCUT2D eigenvalue weighted by Gasteiger charge is -2.12. The molecule has 0 aliphatic rings. The molecule has 0 fully saturated rings. The molecule has 1 unspecified atom stereocenters. The summed E-state index contributed by atoms with van der Waals surface area (Å²) in [5.74, 6) is -1.69. The summed E-state index contributed by atoms with van der Waals surface area (Å²) in [6.45, 7) is 1.80. The lowest BCUT2D eigenvalue weighted by Crippen LogP contribution is -2.22. The highest BCUT2D eigenvalue weighted by Gasteiger charge is 2.19. The van der Waals surface area contributed by atoms with Crippen LogP contribution in [-0.2, 0) is 4.79 Å². The number of carbonyl (C=O) groups is 3. The van der Waals surface area contributed by atoms with E-state index in [1.54, 1.807) is 55.5 Å². The lowest BCUT2D eigenvalue weighted by molar-refractivity contribution is -0.115. The van der Waals surface area contributed by atoms with E-state index in [0.29, 0.717) is 32.3 Å². The fourth-order valence-electron chi connectivity index (χ4n) is 4.11. The zero-order valence-electron chi connectivity index (χ0n) is 21.1. The molecule has 0 spiro atoms. The fraction of sp³-hybridized carbons (Fsp3) is 0.0667. The maximum Gasteiger partial charge on any atom is 0.336 e. The van der Waals surface area contributed by atoms with E-state index in [9.17, 15) is 19.5 Å². The minimum Gasteiger partial charge on any atom is -0.478 e. The predicted molar refractivity (Wildman–Crippen MR) is 162 cm³/mol. The number of fused-ring (bicyclic) bond motifs is 1. The van der Waals surface area contributed by atoms with Gasteiger partial charge >= 0.3 is 5.97 Å². The molecule has 3 N–H and O–H groups in total. The minimum atomic E-state index is -1.10. The van der Waals surface area contributed by atoms with Crippen LogP contribution in [0.25, 0.3) is 22.0 Å². The van der Waals surface area contributed by atoms with E-state index in [0.717, 1.165) is 10.5 Å². The number of amides is 2. The molecule has 7 nitrogen and oxygen atoms in total. The van der Waals surface area contributed by atoms with Gasteiger partial charge in [-0.1, -0.05) is 54.1 Å². The minimum absolute atomic E-state index is 0.0695. The summed E-state index contributed by atoms with van der Waals surface area (Å²) in [5.41, 5.74) is 2.40. The molecule has 0 radical (unpaired) electrons. The number of benzene rings is 4. The maximum atomic E-state index is 13.1. The Morgan fingerprint density at radius 3 is 2.30 bits per heavy atom. The first-order valence-corrected chi connectivity index (χ1v) is 14.3. The second-order valence-corrected chi connectivity index (χ2v) is 11.4. The highest BCUT2D eigenvalue weighted by atomic mass is 35.5. The van der Waals surface area contributed by atoms with Crippen molar-refractivity contribution in [2.75, 3.05) is 10.6 Å². The molecular weight excluding hydrogens is 566 g/mol. The molecule has 10 heteroatoms. The van der Waals surface area contributed by atoms with Crippen molar-refractivity contribution in [2.24, 2.45) is 0 Å². The van der Waals surface area contributed by atoms with Gasteiger partial charge in [0, 0.05) is 37.5 Å². The molecule has 1 atom stereocenters. The van der Waals surface area contributed by atoms with Crippen molar-refractivity contribution in [2.45, 2.75) is 17.1 Å². The van der Waals surface area contributed by atoms with Crippen LogP contribution in [0, 0.1) is 0 Å². The molecule has 200 valence electrons. The van der Waals surface area contributed by atoms with Crippen LogP contribution in [0.1, 0.15) is 27.6 Å². The van der Waals surface area contributed by atoms with Gasteiger partial charge < -0.3 is 15.7 Å². The van der Waals surface area contributed by atoms with Gasteiger partial charge in [0.05, 0.1) is 16.5 Å². The molecule has 40 heavy (non-hydrogen) atoms. The van der Waals surface area contributed by atoms with E-state index in [2.05, 4.69) is 15.6 Å². The number of carbonyl (C=O) groups excluding carboxylic acids is 2. The van der Waals surface area contributed by atoms with E-state index >= 15 is 0 Å². The first-order valence-electron chi connectivity index (χ1n) is 12.1. The SMILES string of the molecule is CC(Sc1ccc(NC(=O)c2cccc3cccc(C(=O)O)c23)cc1)C(=O)Nc1nc(-c2ccccc2Cl)cs1. The number of hydrogen-bond donors (Lipinski definition) is 3. The number of halogens is 1. The van der Waals surface area contributed by atoms with Crippen LogP contribution >= 0.6 is 34.7 Å². The summed E-state index contributed by atoms with van der Waals surface area (Å²) < 4.78 is 0. The van der Waals surface area contributed by atoms with Crippen LogP contribution in [-0.4, -0.2) is 33.1 Å². The largest absolute Gasteiger partial charge is 0.478 e. The smallest absolute Gasteiger partial charge is 0.336 e. The normalized spacial score (nSPS) is 11.7. The van der Waals surface area contributed by atoms with Gasteiger partial charge in [0.25, 0.3) is 5.91 Å². The Labute approximate surface area is 243 Å². The predicted octanol–water partition coefficient (Wildman–Crippen LogP) is 7.69. The van der Waals surface area contributed by atoms with Crippen molar-refractivity contribution in [1.29, 1.82) is 0 Å². The van der Waals surface area contributed by atoms with Crippen LogP contribution in [0.2, 0.25) is 5.02 Å². The number of nitrogens with one attached hydrogen (secondary N) is 2. The number of carboxylic acid groups (broad SMARTS) is 1. The van der Waals surface area contributed by atoms with Crippen LogP contribution in [0.15, 0.2) is 95.2 Å². The van der Waals surface area contributed by atoms with Crippen molar-refractivity contribution in [1.82, 2.24) is 4.98 Å². The van der Waals surface area contributed by atoms with Gasteiger partial charge in [0.15, 0.2) is 5.13 Å². The third-order valence-electron chi connectivity index (χ3n) is 6.06. The average molecular weight is 588 g/mol. The van der Waals surface area contributed by atoms with E-state index < -0.39 is 17.1 Å². The number of nitrogens with zero attached hydrogens (tertiary/aromatic N) is 1. The van der Waals surface area contributed by atoms with Gasteiger partial charge in [-0.2, -0.15) is 0 Å². The summed E-state index contributed by atoms with van der Waals surface area (Å²) in [6.07, 6.45) is 0. The van der Waals surface area contributed by atoms with Gasteiger partial charge in [-0.3, -0.25) is 9.59 Å². The summed E-state index contributed by atoms with van der Waals surface area (Å²) in [6, 6.07) is 24.5. The molecule has 2 amide bonds. The van der Waals surface area contributed by atoms with Gasteiger partial charge in [-0.25, -0.2) is 9.78 Å². The van der Waals surface area contributed by atoms with E-state index in [4.69, 9.17) is 11.6 Å². The van der Waals surface area contributed by atoms with Gasteiger partial charge in [-0.15, -0.1) is 23.1 Å². The third-order valence-corrected chi connectivity index (χ3v) is 8.26. The Morgan fingerprint density at radius 1 is 0.900 bits per heavy atom. The number of aromatic nitrogens is 1. The Kier molecular flexibility index (Phi) is 8.16. The Bertz CT molecular complexity index is 1730. The summed E-state index contributed by atoms with van der Waals surface area (Å²) in [4.78, 5) is 42.9. The van der Waals surface area contributed by atoms with Gasteiger partial charge in [0.2, 0.25) is 5.91 Å². The number of thioether (sulfide) groups is 1. The number of anilines is 2. The maximum absolute atomic E-state index is 13.1. The monoisotopic (exact) mass is 587 g/mol. The molecule has 1 aromatic heterocycles. The average Bonchev–Trinajstić information content (AvgIpc) is 3.41. The molecule has 1 heterocycles. The lowest BCUT2D eigenvalue weighted by atomic mass is 9.98. The molecule has 0 saturated heterocycles. The second-order valence-electron chi connectivity index (χ2n) is 8.76. The number of rotatable bonds is 8. The molecule has 0 saturated carbocycles. The van der Waals surface area contributed by atoms with E-state index in [-0.39, 0.29) is 17.0 Å². The van der Waals surface area contributed by atoms with Crippen molar-refractivity contribution in [3.63, 3.8) is 0 Å². The van der Waals surface area contributed by atoms with Gasteiger partial charge in [-0.05, 0) is 54.8 Å². The quantitative estimate of drug-likeness (QED) is 0.161. The summed E-state index contributed by atoms with van der Waals surface area (Å²) in [5, 5.41) is 18.9. The van der Waals surface area contributed by atoms with E-state index in [1.807, 2.05) is 35.7 Å². The topological polar surface area (TPSA) is 108 Å². The molecule has 4 aromatic carbocycles. The molecule has 0 aliphatic carbocycles. The summed E-state index contributed by atoms with van der Waals surface area (Å²) in [7, 11) is 0. The number of carboxylic acids is 1. The number of aromatic carboxylic acids is 1. The first-order chi connectivity index (χ1) is 19.3. The van der Waals surface area contributed by atoms with Crippen LogP contribution in [0.4, 0.5) is 10.8 Å². The van der Waals surface area contributed by atoms with Crippen molar-refractivity contribution in [3.05, 3.63) is 106 Å². The van der Waals surface area contributed by atoms with Crippen molar-refractivity contribution >= 4 is 74.1 Å². The van der Waals surface area contributed by atoms with Crippen LogP contribution < -0.4 is 10.6 Å². The molecular formula is C30H22ClN3O4S2. The zero-order valence-corrected chi connectivity index (χ0v) is 23.4. The highest BCUT2D eigenvalue weighted by molar-refractivity contribution is 8.00. The standard InChI is InChI=1S/C30H22ClN3O4S2/c1-17(27(35)34-30-33-25(16-39-30)21-8-2-3-11-24(21)31)40-20-14-12-19(13-15-20)32-28(36)22-9-4-6-18-7-5-10-23(26(18)22)29(37)38/h2-17H,1H3,(H,32,36)(H,37,38)(H,33,34,35). The Hall–Kier alpha value is -4.18. The molecule has 5 aromatic rings. The van der Waals surface area contributed by atoms with Crippen LogP contribution in [0.5, 0.6) is 0 Å². The number of hydrogen-bond acceptors (Lipinski definition) is 6. The summed E-state index contributed by atoms with van der Waals surface area (Å²) >= 11 is 8.96.